The molecule has 1 aromatic carbocycles. The molecule has 1 N–H and O–H groups in total. The minimum absolute atomic E-state index is 0.0234. The van der Waals surface area contributed by atoms with Crippen molar-refractivity contribution in [3.8, 4) is 22.8 Å². The van der Waals surface area contributed by atoms with Crippen molar-refractivity contribution in [2.45, 2.75) is 24.7 Å². The van der Waals surface area contributed by atoms with Crippen LogP contribution >= 0.6 is 11.8 Å². The van der Waals surface area contributed by atoms with Gasteiger partial charge in [0.15, 0.2) is 22.5 Å². The quantitative estimate of drug-likeness (QED) is 0.436. The van der Waals surface area contributed by atoms with Crippen LogP contribution in [0.5, 0.6) is 11.5 Å². The number of anilines is 1. The molecule has 12 heteroatoms. The molecule has 0 fully saturated rings. The summed E-state index contributed by atoms with van der Waals surface area (Å²) in [6, 6.07) is 7.19. The van der Waals surface area contributed by atoms with Gasteiger partial charge in [0.1, 0.15) is 11.5 Å². The number of nitrogens with one attached hydrogen (secondary N) is 1. The highest BCUT2D eigenvalue weighted by atomic mass is 32.2. The van der Waals surface area contributed by atoms with Crippen LogP contribution in [0.15, 0.2) is 40.0 Å². The molecule has 31 heavy (non-hydrogen) atoms. The molecule has 0 bridgehead atoms. The van der Waals surface area contributed by atoms with Crippen LogP contribution in [-0.2, 0) is 11.0 Å². The number of rotatable bonds is 6. The van der Waals surface area contributed by atoms with Crippen molar-refractivity contribution >= 4 is 23.5 Å². The van der Waals surface area contributed by atoms with Gasteiger partial charge in [-0.2, -0.15) is 13.2 Å². The summed E-state index contributed by atoms with van der Waals surface area (Å²) in [7, 11) is 0. The van der Waals surface area contributed by atoms with Crippen molar-refractivity contribution < 1.29 is 32.0 Å². The normalized spacial score (nSPS) is 12.8. The fourth-order valence-corrected chi connectivity index (χ4v) is 3.50. The van der Waals surface area contributed by atoms with Gasteiger partial charge in [-0.1, -0.05) is 16.9 Å². The minimum Gasteiger partial charge on any atom is -0.454 e. The van der Waals surface area contributed by atoms with Crippen LogP contribution in [0.1, 0.15) is 17.9 Å². The Labute approximate surface area is 178 Å². The van der Waals surface area contributed by atoms with Gasteiger partial charge >= 0.3 is 6.18 Å². The maximum Gasteiger partial charge on any atom is 0.433 e. The second-order valence-electron chi connectivity index (χ2n) is 6.46. The average Bonchev–Trinajstić information content (AvgIpc) is 3.35. The lowest BCUT2D eigenvalue weighted by Gasteiger charge is -2.11. The lowest BCUT2D eigenvalue weighted by atomic mass is 10.1. The van der Waals surface area contributed by atoms with E-state index in [4.69, 9.17) is 14.0 Å². The zero-order valence-corrected chi connectivity index (χ0v) is 16.8. The highest BCUT2D eigenvalue weighted by molar-refractivity contribution is 7.99. The number of carbonyl (C=O) groups excluding carboxylic acids is 1. The van der Waals surface area contributed by atoms with Gasteiger partial charge in [-0.05, 0) is 31.2 Å². The Kier molecular flexibility index (Phi) is 5.72. The van der Waals surface area contributed by atoms with E-state index < -0.39 is 11.9 Å². The summed E-state index contributed by atoms with van der Waals surface area (Å²) >= 11 is 0.946. The summed E-state index contributed by atoms with van der Waals surface area (Å²) in [5.41, 5.74) is -0.552. The molecule has 4 rings (SSSR count). The van der Waals surface area contributed by atoms with Crippen molar-refractivity contribution in [1.29, 1.82) is 0 Å². The molecule has 8 nitrogen and oxygen atoms in total. The largest absolute Gasteiger partial charge is 0.454 e. The first kappa shape index (κ1) is 21.0. The van der Waals surface area contributed by atoms with Gasteiger partial charge in [-0.25, -0.2) is 9.97 Å². The molecule has 1 aliphatic rings. The number of aromatic nitrogens is 3. The summed E-state index contributed by atoms with van der Waals surface area (Å²) in [5.74, 6) is 1.56. The number of fused-ring (bicyclic) bond motifs is 1. The standard InChI is InChI=1S/C19H15F3N4O4S/c1-10-6-16(26-30-10)25-17(27)4-5-31-18-23-12(8-15(24-18)19(20,21)22)11-2-3-13-14(7-11)29-9-28-13/h2-3,6-8H,4-5,9H2,1H3,(H,25,26,27). The number of benzene rings is 1. The smallest absolute Gasteiger partial charge is 0.433 e. The van der Waals surface area contributed by atoms with Crippen LogP contribution in [0.25, 0.3) is 11.3 Å². The summed E-state index contributed by atoms with van der Waals surface area (Å²) in [6.07, 6.45) is -4.62. The summed E-state index contributed by atoms with van der Waals surface area (Å²) in [5, 5.41) is 6.10. The van der Waals surface area contributed by atoms with Crippen molar-refractivity contribution in [1.82, 2.24) is 15.1 Å². The second-order valence-corrected chi connectivity index (χ2v) is 7.52. The van der Waals surface area contributed by atoms with E-state index in [0.717, 1.165) is 17.8 Å². The number of carbonyl (C=O) groups is 1. The van der Waals surface area contributed by atoms with Gasteiger partial charge in [-0.15, -0.1) is 0 Å². The third kappa shape index (κ3) is 5.08. The van der Waals surface area contributed by atoms with Crippen molar-refractivity contribution in [2.75, 3.05) is 17.9 Å². The summed E-state index contributed by atoms with van der Waals surface area (Å²) in [6.45, 7) is 1.73. The fraction of sp³-hybridized carbons (Fsp3) is 0.263. The maximum absolute atomic E-state index is 13.4. The Hall–Kier alpha value is -3.28. The Morgan fingerprint density at radius 1 is 1.16 bits per heavy atom. The first-order valence-electron chi connectivity index (χ1n) is 9.00. The molecule has 0 unspecified atom stereocenters. The molecule has 0 atom stereocenters. The first-order valence-corrected chi connectivity index (χ1v) is 9.99. The predicted molar refractivity (Wildman–Crippen MR) is 104 cm³/mol. The number of halogens is 3. The molecule has 3 aromatic rings. The second kappa shape index (κ2) is 8.46. The molecule has 1 amide bonds. The van der Waals surface area contributed by atoms with Gasteiger partial charge < -0.3 is 19.3 Å². The number of thioether (sulfide) groups is 1. The third-order valence-electron chi connectivity index (χ3n) is 4.12. The summed E-state index contributed by atoms with van der Waals surface area (Å²) < 4.78 is 55.4. The van der Waals surface area contributed by atoms with Crippen molar-refractivity contribution in [3.05, 3.63) is 41.8 Å². The molecule has 0 saturated carbocycles. The highest BCUT2D eigenvalue weighted by Gasteiger charge is 2.34. The van der Waals surface area contributed by atoms with E-state index in [1.807, 2.05) is 0 Å². The number of nitrogens with zero attached hydrogens (tertiary/aromatic N) is 3. The molecule has 162 valence electrons. The highest BCUT2D eigenvalue weighted by Crippen LogP contribution is 2.37. The van der Waals surface area contributed by atoms with Gasteiger partial charge in [0, 0.05) is 23.8 Å². The zero-order valence-electron chi connectivity index (χ0n) is 16.0. The van der Waals surface area contributed by atoms with Crippen LogP contribution in [-0.4, -0.2) is 33.6 Å². The molecule has 1 aliphatic heterocycles. The molecule has 0 aliphatic carbocycles. The number of hydrogen-bond acceptors (Lipinski definition) is 8. The lowest BCUT2D eigenvalue weighted by Crippen LogP contribution is -2.13. The Balaban J connectivity index is 1.49. The van der Waals surface area contributed by atoms with Crippen LogP contribution in [0.4, 0.5) is 19.0 Å². The van der Waals surface area contributed by atoms with Crippen LogP contribution in [0, 0.1) is 6.92 Å². The van der Waals surface area contributed by atoms with E-state index in [0.29, 0.717) is 22.8 Å². The molecule has 0 spiro atoms. The first-order chi connectivity index (χ1) is 14.8. The van der Waals surface area contributed by atoms with Gasteiger partial charge in [0.25, 0.3) is 0 Å². The van der Waals surface area contributed by atoms with E-state index in [-0.39, 0.29) is 41.5 Å². The van der Waals surface area contributed by atoms with Crippen LogP contribution in [0.3, 0.4) is 0 Å². The van der Waals surface area contributed by atoms with Gasteiger partial charge in [0.05, 0.1) is 5.69 Å². The molecule has 3 heterocycles. The van der Waals surface area contributed by atoms with Gasteiger partial charge in [0.2, 0.25) is 12.7 Å². The molecular weight excluding hydrogens is 437 g/mol. The molecular formula is C19H15F3N4O4S. The maximum atomic E-state index is 13.4. The average molecular weight is 452 g/mol. The van der Waals surface area contributed by atoms with E-state index in [9.17, 15) is 18.0 Å². The monoisotopic (exact) mass is 452 g/mol. The lowest BCUT2D eigenvalue weighted by molar-refractivity contribution is -0.141. The molecule has 0 saturated heterocycles. The van der Waals surface area contributed by atoms with E-state index in [1.54, 1.807) is 31.2 Å². The van der Waals surface area contributed by atoms with Crippen molar-refractivity contribution in [2.24, 2.45) is 0 Å². The number of ether oxygens (including phenoxy) is 2. The van der Waals surface area contributed by atoms with E-state index >= 15 is 0 Å². The third-order valence-corrected chi connectivity index (χ3v) is 4.97. The SMILES string of the molecule is Cc1cc(NC(=O)CCSc2nc(-c3ccc4c(c3)OCO4)cc(C(F)(F)F)n2)no1. The molecule has 0 radical (unpaired) electrons. The number of alkyl halides is 3. The fourth-order valence-electron chi connectivity index (χ4n) is 2.70. The Bertz CT molecular complexity index is 1120. The number of amides is 1. The van der Waals surface area contributed by atoms with Crippen LogP contribution < -0.4 is 14.8 Å². The van der Waals surface area contributed by atoms with Crippen molar-refractivity contribution in [3.63, 3.8) is 0 Å². The Morgan fingerprint density at radius 3 is 2.71 bits per heavy atom. The minimum atomic E-state index is -4.65. The van der Waals surface area contributed by atoms with Gasteiger partial charge in [-0.3, -0.25) is 4.79 Å². The number of hydrogen-bond donors (Lipinski definition) is 1. The van der Waals surface area contributed by atoms with E-state index in [1.165, 1.54) is 0 Å². The van der Waals surface area contributed by atoms with E-state index in [2.05, 4.69) is 20.4 Å². The summed E-state index contributed by atoms with van der Waals surface area (Å²) in [4.78, 5) is 19.8. The zero-order chi connectivity index (χ0) is 22.0. The molecule has 2 aromatic heterocycles. The topological polar surface area (TPSA) is 99.4 Å². The number of aryl methyl sites for hydroxylation is 1. The van der Waals surface area contributed by atoms with Crippen LogP contribution in [0.2, 0.25) is 0 Å². The predicted octanol–water partition coefficient (Wildman–Crippen LogP) is 4.31. The Morgan fingerprint density at radius 2 is 1.97 bits per heavy atom.